The Bertz CT molecular complexity index is 1250. The lowest BCUT2D eigenvalue weighted by molar-refractivity contribution is 0.0665. The van der Waals surface area contributed by atoms with Crippen molar-refractivity contribution in [2.75, 3.05) is 31.1 Å². The molecule has 1 aliphatic rings. The summed E-state index contributed by atoms with van der Waals surface area (Å²) in [7, 11) is -3.79. The molecule has 0 radical (unpaired) electrons. The summed E-state index contributed by atoms with van der Waals surface area (Å²) in [4.78, 5) is 13.1. The highest BCUT2D eigenvalue weighted by Crippen LogP contribution is 2.36. The first-order valence-electron chi connectivity index (χ1n) is 8.84. The minimum absolute atomic E-state index is 0.0239. The molecule has 1 aliphatic heterocycles. The Kier molecular flexibility index (Phi) is 5.63. The first-order chi connectivity index (χ1) is 14.2. The van der Waals surface area contributed by atoms with Crippen molar-refractivity contribution < 1.29 is 22.7 Å². The van der Waals surface area contributed by atoms with E-state index in [-0.39, 0.29) is 33.8 Å². The number of carboxylic acids is 1. The van der Waals surface area contributed by atoms with E-state index in [9.17, 15) is 13.2 Å². The van der Waals surface area contributed by atoms with Gasteiger partial charge >= 0.3 is 5.97 Å². The van der Waals surface area contributed by atoms with Crippen LogP contribution in [0.2, 0.25) is 15.1 Å². The summed E-state index contributed by atoms with van der Waals surface area (Å²) < 4.78 is 32.6. The molecular weight excluding hydrogens is 475 g/mol. The van der Waals surface area contributed by atoms with E-state index in [1.807, 2.05) is 4.90 Å². The Balaban J connectivity index is 1.57. The van der Waals surface area contributed by atoms with E-state index < -0.39 is 16.0 Å². The third kappa shape index (κ3) is 3.74. The molecule has 1 aromatic heterocycles. The first-order valence-corrected chi connectivity index (χ1v) is 11.4. The molecule has 1 fully saturated rings. The van der Waals surface area contributed by atoms with Gasteiger partial charge in [0.15, 0.2) is 0 Å². The highest BCUT2D eigenvalue weighted by atomic mass is 35.5. The van der Waals surface area contributed by atoms with Crippen LogP contribution in [0.15, 0.2) is 45.7 Å². The maximum Gasteiger partial charge on any atom is 0.371 e. The number of sulfonamides is 1. The van der Waals surface area contributed by atoms with Crippen molar-refractivity contribution in [3.8, 4) is 0 Å². The van der Waals surface area contributed by atoms with Gasteiger partial charge in [-0.3, -0.25) is 0 Å². The fourth-order valence-corrected chi connectivity index (χ4v) is 5.89. The minimum atomic E-state index is -3.79. The van der Waals surface area contributed by atoms with Crippen LogP contribution < -0.4 is 4.90 Å². The van der Waals surface area contributed by atoms with E-state index >= 15 is 0 Å². The first kappa shape index (κ1) is 21.3. The van der Waals surface area contributed by atoms with Crippen molar-refractivity contribution >= 4 is 67.5 Å². The van der Waals surface area contributed by atoms with Gasteiger partial charge < -0.3 is 14.4 Å². The van der Waals surface area contributed by atoms with Gasteiger partial charge in [0, 0.05) is 42.7 Å². The Morgan fingerprint density at radius 1 is 1.00 bits per heavy atom. The quantitative estimate of drug-likeness (QED) is 0.576. The number of nitrogens with zero attached hydrogens (tertiary/aromatic N) is 2. The highest BCUT2D eigenvalue weighted by Gasteiger charge is 2.31. The van der Waals surface area contributed by atoms with Gasteiger partial charge in [-0.25, -0.2) is 13.2 Å². The smallest absolute Gasteiger partial charge is 0.371 e. The average molecular weight is 490 g/mol. The van der Waals surface area contributed by atoms with E-state index in [1.54, 1.807) is 12.1 Å². The Morgan fingerprint density at radius 2 is 1.70 bits per heavy atom. The zero-order valence-electron chi connectivity index (χ0n) is 15.3. The van der Waals surface area contributed by atoms with Crippen molar-refractivity contribution in [2.24, 2.45) is 0 Å². The van der Waals surface area contributed by atoms with Gasteiger partial charge in [-0.15, -0.1) is 0 Å². The maximum atomic E-state index is 13.0. The molecule has 4 rings (SSSR count). The topological polar surface area (TPSA) is 91.1 Å². The van der Waals surface area contributed by atoms with Crippen molar-refractivity contribution in [1.29, 1.82) is 0 Å². The molecule has 0 aliphatic carbocycles. The molecule has 0 saturated carbocycles. The molecule has 0 atom stereocenters. The van der Waals surface area contributed by atoms with Gasteiger partial charge in [0.2, 0.25) is 15.8 Å². The number of benzene rings is 2. The van der Waals surface area contributed by atoms with Crippen molar-refractivity contribution in [3.63, 3.8) is 0 Å². The normalized spacial score (nSPS) is 15.6. The number of hydrogen-bond acceptors (Lipinski definition) is 5. The van der Waals surface area contributed by atoms with Crippen LogP contribution in [0.25, 0.3) is 11.0 Å². The molecule has 0 bridgehead atoms. The van der Waals surface area contributed by atoms with E-state index in [0.717, 1.165) is 0 Å². The zero-order valence-corrected chi connectivity index (χ0v) is 18.4. The fraction of sp³-hybridized carbons (Fsp3) is 0.211. The van der Waals surface area contributed by atoms with Crippen LogP contribution >= 0.6 is 34.8 Å². The molecule has 158 valence electrons. The lowest BCUT2D eigenvalue weighted by Gasteiger charge is -2.36. The van der Waals surface area contributed by atoms with Crippen LogP contribution in [-0.4, -0.2) is 50.0 Å². The summed E-state index contributed by atoms with van der Waals surface area (Å²) in [6, 6.07) is 9.10. The molecule has 30 heavy (non-hydrogen) atoms. The lowest BCUT2D eigenvalue weighted by atomic mass is 10.2. The monoisotopic (exact) mass is 488 g/mol. The highest BCUT2D eigenvalue weighted by molar-refractivity contribution is 7.89. The predicted molar refractivity (Wildman–Crippen MR) is 116 cm³/mol. The van der Waals surface area contributed by atoms with Crippen LogP contribution in [0, 0.1) is 0 Å². The van der Waals surface area contributed by atoms with E-state index in [1.165, 1.54) is 28.6 Å². The number of anilines is 1. The average Bonchev–Trinajstić information content (AvgIpc) is 3.16. The van der Waals surface area contributed by atoms with Gasteiger partial charge in [0.05, 0.1) is 15.7 Å². The summed E-state index contributed by atoms with van der Waals surface area (Å²) in [6.07, 6.45) is 0. The Hall–Kier alpha value is -1.97. The second-order valence-corrected chi connectivity index (χ2v) is 9.82. The van der Waals surface area contributed by atoms with Crippen LogP contribution in [0.4, 0.5) is 5.69 Å². The second-order valence-electron chi connectivity index (χ2n) is 6.69. The largest absolute Gasteiger partial charge is 0.475 e. The fourth-order valence-electron chi connectivity index (χ4n) is 3.40. The number of piperazine rings is 1. The number of aromatic carboxylic acids is 1. The standard InChI is InChI=1S/C19H15Cl3N2O5S/c20-11-1-2-13(21)17(9-11)30(27,28)24-7-5-23(6-8-24)14-3-4-15-12(18(14)22)10-16(29-15)19(25)26/h1-4,9-10H,5-8H2,(H,25,26). The predicted octanol–water partition coefficient (Wildman–Crippen LogP) is 4.60. The molecule has 11 heteroatoms. The molecule has 3 aromatic rings. The summed E-state index contributed by atoms with van der Waals surface area (Å²) in [5, 5.41) is 10.4. The SMILES string of the molecule is O=C(O)c1cc2c(Cl)c(N3CCN(S(=O)(=O)c4cc(Cl)ccc4Cl)CC3)ccc2o1. The summed E-state index contributed by atoms with van der Waals surface area (Å²) in [5.74, 6) is -1.37. The van der Waals surface area contributed by atoms with E-state index in [2.05, 4.69) is 0 Å². The van der Waals surface area contributed by atoms with Crippen LogP contribution in [0.1, 0.15) is 10.6 Å². The number of furan rings is 1. The van der Waals surface area contributed by atoms with Crippen LogP contribution in [-0.2, 0) is 10.0 Å². The third-order valence-corrected chi connectivity index (χ3v) is 7.93. The van der Waals surface area contributed by atoms with E-state index in [4.69, 9.17) is 44.3 Å². The van der Waals surface area contributed by atoms with Crippen LogP contribution in [0.5, 0.6) is 0 Å². The minimum Gasteiger partial charge on any atom is -0.475 e. The molecule has 2 aromatic carbocycles. The molecule has 1 saturated heterocycles. The van der Waals surface area contributed by atoms with Crippen molar-refractivity contribution in [2.45, 2.75) is 4.90 Å². The zero-order chi connectivity index (χ0) is 21.6. The van der Waals surface area contributed by atoms with Crippen molar-refractivity contribution in [3.05, 3.63) is 57.2 Å². The van der Waals surface area contributed by atoms with Gasteiger partial charge in [-0.2, -0.15) is 4.31 Å². The summed E-state index contributed by atoms with van der Waals surface area (Å²) in [5.41, 5.74) is 1.05. The van der Waals surface area contributed by atoms with Gasteiger partial charge in [0.25, 0.3) is 0 Å². The number of rotatable bonds is 4. The molecular formula is C19H15Cl3N2O5S. The number of fused-ring (bicyclic) bond motifs is 1. The van der Waals surface area contributed by atoms with Crippen molar-refractivity contribution in [1.82, 2.24) is 4.31 Å². The number of carboxylic acid groups (broad SMARTS) is 1. The third-order valence-electron chi connectivity index (χ3n) is 4.92. The Labute approximate surface area is 187 Å². The van der Waals surface area contributed by atoms with Crippen LogP contribution in [0.3, 0.4) is 0 Å². The molecule has 1 N–H and O–H groups in total. The molecule has 7 nitrogen and oxygen atoms in total. The molecule has 0 unspecified atom stereocenters. The molecule has 0 spiro atoms. The van der Waals surface area contributed by atoms with E-state index in [0.29, 0.717) is 34.8 Å². The number of halogens is 3. The second kappa shape index (κ2) is 7.94. The number of carbonyl (C=O) groups is 1. The summed E-state index contributed by atoms with van der Waals surface area (Å²) in [6.45, 7) is 1.25. The Morgan fingerprint density at radius 3 is 2.37 bits per heavy atom. The summed E-state index contributed by atoms with van der Waals surface area (Å²) >= 11 is 18.5. The maximum absolute atomic E-state index is 13.0. The van der Waals surface area contributed by atoms with Gasteiger partial charge in [-0.05, 0) is 30.3 Å². The van der Waals surface area contributed by atoms with Gasteiger partial charge in [-0.1, -0.05) is 34.8 Å². The molecule has 0 amide bonds. The number of hydrogen-bond donors (Lipinski definition) is 1. The van der Waals surface area contributed by atoms with Gasteiger partial charge in [0.1, 0.15) is 10.5 Å². The lowest BCUT2D eigenvalue weighted by Crippen LogP contribution is -2.48. The molecule has 2 heterocycles.